The number of rotatable bonds is 6. The minimum absolute atomic E-state index is 0.126. The van der Waals surface area contributed by atoms with Crippen LogP contribution in [0.25, 0.3) is 0 Å². The van der Waals surface area contributed by atoms with Crippen molar-refractivity contribution in [2.75, 3.05) is 25.1 Å². The molecule has 1 heterocycles. The summed E-state index contributed by atoms with van der Waals surface area (Å²) in [6.45, 7) is 2.98. The minimum atomic E-state index is -5.08. The highest BCUT2D eigenvalue weighted by Crippen LogP contribution is 2.29. The number of aliphatic carboxylic acids is 1. The molecule has 13 heteroatoms. The number of amides is 1. The Morgan fingerprint density at radius 1 is 1.28 bits per heavy atom. The molecule has 2 rings (SSSR count). The number of sulfonamides is 1. The molecule has 0 aliphatic carbocycles. The predicted molar refractivity (Wildman–Crippen MR) is 117 cm³/mol. The van der Waals surface area contributed by atoms with Gasteiger partial charge in [0, 0.05) is 24.4 Å². The lowest BCUT2D eigenvalue weighted by Gasteiger charge is -2.42. The van der Waals surface area contributed by atoms with E-state index in [4.69, 9.17) is 15.6 Å². The molecule has 1 fully saturated rings. The van der Waals surface area contributed by atoms with Crippen LogP contribution in [-0.4, -0.2) is 73.2 Å². The zero-order chi connectivity index (χ0) is 24.7. The monoisotopic (exact) mass is 499 g/mol. The van der Waals surface area contributed by atoms with Crippen LogP contribution in [0.5, 0.6) is 0 Å². The standard InChI is InChI=1S/C17H27N3O3S2.C2HF3O2/c1-13-5-3-4-6-14(13)11-17(19-25(2,22)23)7-9-20(10-8-17)16(21)15(18)12-24;3-2(4,5)1(6)7/h3-6,15,19,24H,7-12,18H2,1-2H3;(H,6,7)/t15-;/m0./s1. The highest BCUT2D eigenvalue weighted by Gasteiger charge is 2.39. The molecule has 1 amide bonds. The molecule has 1 aromatic carbocycles. The van der Waals surface area contributed by atoms with Gasteiger partial charge in [-0.25, -0.2) is 17.9 Å². The number of carbonyl (C=O) groups excluding carboxylic acids is 1. The van der Waals surface area contributed by atoms with Crippen LogP contribution in [-0.2, 0) is 26.0 Å². The van der Waals surface area contributed by atoms with Crippen molar-refractivity contribution in [1.82, 2.24) is 9.62 Å². The average Bonchev–Trinajstić information content (AvgIpc) is 2.67. The van der Waals surface area contributed by atoms with Crippen molar-refractivity contribution in [3.63, 3.8) is 0 Å². The molecule has 1 aromatic rings. The van der Waals surface area contributed by atoms with Crippen LogP contribution in [0.2, 0.25) is 0 Å². The van der Waals surface area contributed by atoms with Gasteiger partial charge < -0.3 is 15.7 Å². The summed E-state index contributed by atoms with van der Waals surface area (Å²) in [6.07, 6.45) is -2.19. The van der Waals surface area contributed by atoms with Gasteiger partial charge in [0.25, 0.3) is 0 Å². The van der Waals surface area contributed by atoms with Crippen molar-refractivity contribution in [1.29, 1.82) is 0 Å². The van der Waals surface area contributed by atoms with Gasteiger partial charge in [-0.05, 0) is 37.3 Å². The first-order valence-corrected chi connectivity index (χ1v) is 12.1. The molecule has 0 aromatic heterocycles. The van der Waals surface area contributed by atoms with Crippen molar-refractivity contribution in [3.8, 4) is 0 Å². The number of aryl methyl sites for hydroxylation is 1. The van der Waals surface area contributed by atoms with E-state index in [1.54, 1.807) is 4.90 Å². The summed E-state index contributed by atoms with van der Waals surface area (Å²) in [5.41, 5.74) is 7.45. The molecule has 0 saturated carbocycles. The molecule has 4 N–H and O–H groups in total. The van der Waals surface area contributed by atoms with Gasteiger partial charge in [-0.1, -0.05) is 24.3 Å². The van der Waals surface area contributed by atoms with E-state index < -0.39 is 33.7 Å². The third-order valence-corrected chi connectivity index (χ3v) is 6.18. The first-order valence-electron chi connectivity index (χ1n) is 9.59. The van der Waals surface area contributed by atoms with Gasteiger partial charge in [-0.2, -0.15) is 25.8 Å². The number of alkyl halides is 3. The summed E-state index contributed by atoms with van der Waals surface area (Å²) in [6, 6.07) is 7.36. The molecular formula is C19H28F3N3O5S2. The minimum Gasteiger partial charge on any atom is -0.475 e. The number of carboxylic acids is 1. The van der Waals surface area contributed by atoms with Gasteiger partial charge in [0.15, 0.2) is 0 Å². The van der Waals surface area contributed by atoms with Crippen LogP contribution in [0.3, 0.4) is 0 Å². The summed E-state index contributed by atoms with van der Waals surface area (Å²) in [7, 11) is -3.36. The maximum Gasteiger partial charge on any atom is 0.490 e. The molecule has 0 spiro atoms. The van der Waals surface area contributed by atoms with Gasteiger partial charge in [0.1, 0.15) is 0 Å². The van der Waals surface area contributed by atoms with E-state index in [9.17, 15) is 26.4 Å². The number of hydrogen-bond acceptors (Lipinski definition) is 6. The topological polar surface area (TPSA) is 130 Å². The first-order chi connectivity index (χ1) is 14.6. The van der Waals surface area contributed by atoms with Crippen LogP contribution >= 0.6 is 12.6 Å². The molecule has 1 atom stereocenters. The SMILES string of the molecule is Cc1ccccc1CC1(NS(C)(=O)=O)CCN(C(=O)[C@@H](N)CS)CC1.O=C(O)C(F)(F)F. The number of nitrogens with zero attached hydrogens (tertiary/aromatic N) is 1. The zero-order valence-corrected chi connectivity index (χ0v) is 19.4. The van der Waals surface area contributed by atoms with Gasteiger partial charge >= 0.3 is 12.1 Å². The number of piperidine rings is 1. The maximum absolute atomic E-state index is 12.3. The predicted octanol–water partition coefficient (Wildman–Crippen LogP) is 1.34. The van der Waals surface area contributed by atoms with E-state index in [2.05, 4.69) is 17.4 Å². The van der Waals surface area contributed by atoms with Crippen LogP contribution in [0.4, 0.5) is 13.2 Å². The first kappa shape index (κ1) is 28.2. The van der Waals surface area contributed by atoms with Crippen LogP contribution in [0.15, 0.2) is 24.3 Å². The smallest absolute Gasteiger partial charge is 0.475 e. The Morgan fingerprint density at radius 3 is 2.19 bits per heavy atom. The molecule has 1 aliphatic rings. The second-order valence-electron chi connectivity index (χ2n) is 7.68. The summed E-state index contributed by atoms with van der Waals surface area (Å²) in [4.78, 5) is 22.9. The van der Waals surface area contributed by atoms with Gasteiger partial charge in [0.05, 0.1) is 12.3 Å². The number of carbonyl (C=O) groups is 2. The Morgan fingerprint density at radius 2 is 1.78 bits per heavy atom. The number of nitrogens with two attached hydrogens (primary N) is 1. The van der Waals surface area contributed by atoms with Crippen molar-refractivity contribution in [2.24, 2.45) is 5.73 Å². The Labute approximate surface area is 190 Å². The third kappa shape index (κ3) is 8.96. The van der Waals surface area contributed by atoms with Gasteiger partial charge in [-0.3, -0.25) is 4.79 Å². The number of nitrogens with one attached hydrogen (secondary N) is 1. The lowest BCUT2D eigenvalue weighted by Crippen LogP contribution is -2.58. The largest absolute Gasteiger partial charge is 0.490 e. The quantitative estimate of drug-likeness (QED) is 0.437. The summed E-state index contributed by atoms with van der Waals surface area (Å²) in [5.74, 6) is -2.59. The normalized spacial score (nSPS) is 17.2. The fraction of sp³-hybridized carbons (Fsp3) is 0.579. The van der Waals surface area contributed by atoms with Crippen molar-refractivity contribution in [2.45, 2.75) is 43.9 Å². The molecule has 1 saturated heterocycles. The molecular weight excluding hydrogens is 471 g/mol. The molecule has 182 valence electrons. The van der Waals surface area contributed by atoms with Crippen LogP contribution in [0, 0.1) is 6.92 Å². The second kappa shape index (κ2) is 11.3. The van der Waals surface area contributed by atoms with Crippen LogP contribution < -0.4 is 10.5 Å². The number of hydrogen-bond donors (Lipinski definition) is 4. The zero-order valence-electron chi connectivity index (χ0n) is 17.7. The highest BCUT2D eigenvalue weighted by atomic mass is 32.2. The molecule has 0 radical (unpaired) electrons. The van der Waals surface area contributed by atoms with Gasteiger partial charge in [0.2, 0.25) is 15.9 Å². The van der Waals surface area contributed by atoms with E-state index in [0.717, 1.165) is 11.1 Å². The molecule has 32 heavy (non-hydrogen) atoms. The lowest BCUT2D eigenvalue weighted by atomic mass is 9.81. The maximum atomic E-state index is 12.3. The number of carboxylic acid groups (broad SMARTS) is 1. The Bertz CT molecular complexity index is 902. The van der Waals surface area contributed by atoms with Gasteiger partial charge in [-0.15, -0.1) is 0 Å². The second-order valence-corrected chi connectivity index (χ2v) is 9.79. The average molecular weight is 500 g/mol. The summed E-state index contributed by atoms with van der Waals surface area (Å²) in [5, 5.41) is 7.12. The third-order valence-electron chi connectivity index (χ3n) is 4.98. The fourth-order valence-corrected chi connectivity index (χ4v) is 4.57. The van der Waals surface area contributed by atoms with E-state index in [-0.39, 0.29) is 5.91 Å². The van der Waals surface area contributed by atoms with Crippen molar-refractivity contribution >= 4 is 34.5 Å². The lowest BCUT2D eigenvalue weighted by molar-refractivity contribution is -0.192. The van der Waals surface area contributed by atoms with Crippen molar-refractivity contribution in [3.05, 3.63) is 35.4 Å². The fourth-order valence-electron chi connectivity index (χ4n) is 3.35. The summed E-state index contributed by atoms with van der Waals surface area (Å²) < 4.78 is 58.4. The molecule has 0 bridgehead atoms. The molecule has 8 nitrogen and oxygen atoms in total. The number of halogens is 3. The van der Waals surface area contributed by atoms with E-state index in [0.29, 0.717) is 38.1 Å². The van der Waals surface area contributed by atoms with E-state index >= 15 is 0 Å². The summed E-state index contributed by atoms with van der Waals surface area (Å²) >= 11 is 4.08. The highest BCUT2D eigenvalue weighted by molar-refractivity contribution is 7.88. The Balaban J connectivity index is 0.000000633. The van der Waals surface area contributed by atoms with Crippen molar-refractivity contribution < 1.29 is 36.3 Å². The number of thiol groups is 1. The number of likely N-dealkylation sites (tertiary alicyclic amines) is 1. The van der Waals surface area contributed by atoms with Crippen LogP contribution in [0.1, 0.15) is 24.0 Å². The Hall–Kier alpha value is -1.83. The molecule has 0 unspecified atom stereocenters. The molecule has 1 aliphatic heterocycles. The van der Waals surface area contributed by atoms with E-state index in [1.165, 1.54) is 6.26 Å². The Kier molecular flexibility index (Phi) is 10.00. The van der Waals surface area contributed by atoms with E-state index in [1.807, 2.05) is 31.2 Å². The number of benzene rings is 1.